The predicted molar refractivity (Wildman–Crippen MR) is 55.2 cm³/mol. The van der Waals surface area contributed by atoms with Gasteiger partial charge >= 0.3 is 6.01 Å². The molecule has 0 saturated heterocycles. The Balaban J connectivity index is 2.85. The van der Waals surface area contributed by atoms with Crippen molar-refractivity contribution in [1.29, 1.82) is 0 Å². The van der Waals surface area contributed by atoms with Gasteiger partial charge in [0.15, 0.2) is 6.10 Å². The number of nitrogens with zero attached hydrogens (tertiary/aromatic N) is 2. The fraction of sp³-hybridized carbons (Fsp3) is 0.333. The average Bonchev–Trinajstić information content (AvgIpc) is 2.20. The van der Waals surface area contributed by atoms with Gasteiger partial charge in [0.2, 0.25) is 5.88 Å². The van der Waals surface area contributed by atoms with E-state index in [1.165, 1.54) is 7.11 Å². The smallest absolute Gasteiger partial charge is 0.320 e. The van der Waals surface area contributed by atoms with Crippen LogP contribution in [0.15, 0.2) is 10.7 Å². The summed E-state index contributed by atoms with van der Waals surface area (Å²) >= 11 is 3.23. The van der Waals surface area contributed by atoms with Gasteiger partial charge in [-0.05, 0) is 22.9 Å². The van der Waals surface area contributed by atoms with Crippen LogP contribution in [-0.4, -0.2) is 23.2 Å². The first kappa shape index (κ1) is 10.8. The number of rotatable bonds is 3. The number of hydrogen-bond donors (Lipinski definition) is 0. The molecule has 4 nitrogen and oxygen atoms in total. The van der Waals surface area contributed by atoms with Gasteiger partial charge in [-0.15, -0.1) is 6.42 Å². The van der Waals surface area contributed by atoms with Crippen molar-refractivity contribution in [2.45, 2.75) is 13.0 Å². The van der Waals surface area contributed by atoms with Crippen LogP contribution in [0.3, 0.4) is 0 Å². The van der Waals surface area contributed by atoms with E-state index in [1.807, 2.05) is 0 Å². The summed E-state index contributed by atoms with van der Waals surface area (Å²) in [4.78, 5) is 7.90. The molecule has 14 heavy (non-hydrogen) atoms. The molecule has 1 aromatic rings. The number of aromatic nitrogens is 2. The summed E-state index contributed by atoms with van der Waals surface area (Å²) in [6.07, 6.45) is 6.34. The number of ether oxygens (including phenoxy) is 2. The summed E-state index contributed by atoms with van der Waals surface area (Å²) in [6.45, 7) is 1.73. The zero-order chi connectivity index (χ0) is 10.6. The molecule has 0 aliphatic carbocycles. The minimum absolute atomic E-state index is 0.204. The lowest BCUT2D eigenvalue weighted by molar-refractivity contribution is 0.250. The Labute approximate surface area is 90.8 Å². The van der Waals surface area contributed by atoms with Crippen molar-refractivity contribution in [2.24, 2.45) is 0 Å². The Morgan fingerprint density at radius 2 is 2.36 bits per heavy atom. The summed E-state index contributed by atoms with van der Waals surface area (Å²) in [5.41, 5.74) is 0. The molecule has 0 fully saturated rings. The third-order valence-corrected chi connectivity index (χ3v) is 1.94. The lowest BCUT2D eigenvalue weighted by atomic mass is 10.4. The van der Waals surface area contributed by atoms with E-state index in [0.29, 0.717) is 10.4 Å². The van der Waals surface area contributed by atoms with Crippen LogP contribution in [0.2, 0.25) is 0 Å². The molecule has 0 aliphatic heterocycles. The van der Waals surface area contributed by atoms with Crippen LogP contribution in [0, 0.1) is 12.3 Å². The van der Waals surface area contributed by atoms with Crippen LogP contribution < -0.4 is 9.47 Å². The lowest BCUT2D eigenvalue weighted by Gasteiger charge is -2.08. The summed E-state index contributed by atoms with van der Waals surface area (Å²) in [5.74, 6) is 2.83. The van der Waals surface area contributed by atoms with Crippen LogP contribution >= 0.6 is 15.9 Å². The molecule has 1 rings (SSSR count). The second-order valence-corrected chi connectivity index (χ2v) is 3.29. The van der Waals surface area contributed by atoms with E-state index in [2.05, 4.69) is 31.8 Å². The van der Waals surface area contributed by atoms with Crippen molar-refractivity contribution in [3.05, 3.63) is 10.7 Å². The zero-order valence-corrected chi connectivity index (χ0v) is 9.41. The predicted octanol–water partition coefficient (Wildman–Crippen LogP) is 1.65. The fourth-order valence-electron chi connectivity index (χ4n) is 0.728. The van der Waals surface area contributed by atoms with Gasteiger partial charge in [-0.1, -0.05) is 5.92 Å². The van der Waals surface area contributed by atoms with E-state index in [-0.39, 0.29) is 12.1 Å². The Morgan fingerprint density at radius 3 is 2.93 bits per heavy atom. The molecule has 1 heterocycles. The highest BCUT2D eigenvalue weighted by atomic mass is 79.9. The number of hydrogen-bond acceptors (Lipinski definition) is 4. The first-order valence-corrected chi connectivity index (χ1v) is 4.66. The van der Waals surface area contributed by atoms with Crippen molar-refractivity contribution < 1.29 is 9.47 Å². The molecule has 0 spiro atoms. The molecule has 0 saturated carbocycles. The monoisotopic (exact) mass is 256 g/mol. The van der Waals surface area contributed by atoms with Gasteiger partial charge in [0.25, 0.3) is 0 Å². The van der Waals surface area contributed by atoms with E-state index >= 15 is 0 Å². The van der Waals surface area contributed by atoms with Crippen LogP contribution in [0.25, 0.3) is 0 Å². The Kier molecular flexibility index (Phi) is 3.72. The topological polar surface area (TPSA) is 44.2 Å². The molecule has 0 bridgehead atoms. The number of halogens is 1. The quantitative estimate of drug-likeness (QED) is 0.772. The average molecular weight is 257 g/mol. The standard InChI is InChI=1S/C9H9BrN2O2/c1-4-6(2)14-9-11-5-7(10)8(12-9)13-3/h1,5-6H,2-3H3. The maximum Gasteiger partial charge on any atom is 0.320 e. The minimum Gasteiger partial charge on any atom is -0.480 e. The molecule has 1 aromatic heterocycles. The zero-order valence-electron chi connectivity index (χ0n) is 7.82. The van der Waals surface area contributed by atoms with E-state index in [4.69, 9.17) is 15.9 Å². The molecule has 0 aromatic carbocycles. The third-order valence-electron chi connectivity index (χ3n) is 1.40. The molecule has 0 N–H and O–H groups in total. The highest BCUT2D eigenvalue weighted by Gasteiger charge is 2.07. The van der Waals surface area contributed by atoms with Crippen LogP contribution in [-0.2, 0) is 0 Å². The van der Waals surface area contributed by atoms with Crippen LogP contribution in [0.5, 0.6) is 11.9 Å². The number of methoxy groups -OCH3 is 1. The van der Waals surface area contributed by atoms with Crippen molar-refractivity contribution in [1.82, 2.24) is 9.97 Å². The Bertz CT molecular complexity index is 362. The molecule has 74 valence electrons. The SMILES string of the molecule is C#CC(C)Oc1ncc(Br)c(OC)n1. The van der Waals surface area contributed by atoms with Gasteiger partial charge in [0.05, 0.1) is 17.8 Å². The van der Waals surface area contributed by atoms with Gasteiger partial charge in [-0.25, -0.2) is 4.98 Å². The second-order valence-electron chi connectivity index (χ2n) is 2.44. The van der Waals surface area contributed by atoms with E-state index in [0.717, 1.165) is 0 Å². The summed E-state index contributed by atoms with van der Waals surface area (Å²) in [5, 5.41) is 0. The molecular weight excluding hydrogens is 248 g/mol. The normalized spacial score (nSPS) is 11.6. The highest BCUT2D eigenvalue weighted by molar-refractivity contribution is 9.10. The first-order chi connectivity index (χ1) is 6.67. The third kappa shape index (κ3) is 2.60. The molecule has 0 radical (unpaired) electrons. The summed E-state index contributed by atoms with van der Waals surface area (Å²) < 4.78 is 10.8. The maximum absolute atomic E-state index is 5.20. The molecule has 1 unspecified atom stereocenters. The maximum atomic E-state index is 5.20. The van der Waals surface area contributed by atoms with Gasteiger partial charge < -0.3 is 9.47 Å². The van der Waals surface area contributed by atoms with Crippen molar-refractivity contribution in [3.8, 4) is 24.2 Å². The van der Waals surface area contributed by atoms with Gasteiger partial charge in [0, 0.05) is 0 Å². The number of terminal acetylenes is 1. The second kappa shape index (κ2) is 4.82. The van der Waals surface area contributed by atoms with Gasteiger partial charge in [0.1, 0.15) is 0 Å². The largest absolute Gasteiger partial charge is 0.480 e. The molecule has 0 amide bonds. The Hall–Kier alpha value is -1.28. The molecule has 1 atom stereocenters. The van der Waals surface area contributed by atoms with Gasteiger partial charge in [-0.2, -0.15) is 4.98 Å². The van der Waals surface area contributed by atoms with E-state index in [9.17, 15) is 0 Å². The molecular formula is C9H9BrN2O2. The van der Waals surface area contributed by atoms with Crippen molar-refractivity contribution >= 4 is 15.9 Å². The highest BCUT2D eigenvalue weighted by Crippen LogP contribution is 2.22. The lowest BCUT2D eigenvalue weighted by Crippen LogP contribution is -2.10. The summed E-state index contributed by atoms with van der Waals surface area (Å²) in [7, 11) is 1.52. The molecule has 0 aliphatic rings. The molecule has 5 heteroatoms. The van der Waals surface area contributed by atoms with Crippen molar-refractivity contribution in [2.75, 3.05) is 7.11 Å². The minimum atomic E-state index is -0.360. The van der Waals surface area contributed by atoms with E-state index in [1.54, 1.807) is 13.1 Å². The van der Waals surface area contributed by atoms with Crippen LogP contribution in [0.1, 0.15) is 6.92 Å². The van der Waals surface area contributed by atoms with Crippen molar-refractivity contribution in [3.63, 3.8) is 0 Å². The fourth-order valence-corrected chi connectivity index (χ4v) is 1.08. The first-order valence-electron chi connectivity index (χ1n) is 3.86. The van der Waals surface area contributed by atoms with Crippen LogP contribution in [0.4, 0.5) is 0 Å². The Morgan fingerprint density at radius 1 is 1.64 bits per heavy atom. The summed E-state index contributed by atoms with van der Waals surface area (Å²) in [6, 6.07) is 0.204. The van der Waals surface area contributed by atoms with E-state index < -0.39 is 0 Å². The van der Waals surface area contributed by atoms with Gasteiger partial charge in [-0.3, -0.25) is 0 Å².